The summed E-state index contributed by atoms with van der Waals surface area (Å²) in [5.41, 5.74) is -1.80. The summed E-state index contributed by atoms with van der Waals surface area (Å²) in [7, 11) is 1.86. The molecule has 0 saturated carbocycles. The van der Waals surface area contributed by atoms with E-state index in [1.165, 1.54) is 0 Å². The zero-order chi connectivity index (χ0) is 24.5. The average molecular weight is 463 g/mol. The number of thioether (sulfide) groups is 1. The highest BCUT2D eigenvalue weighted by Crippen LogP contribution is 2.14. The molecule has 0 aliphatic heterocycles. The molecule has 1 unspecified atom stereocenters. The molecule has 0 aromatic carbocycles. The number of hydrogen-bond donors (Lipinski definition) is 1. The summed E-state index contributed by atoms with van der Waals surface area (Å²) >= 11 is 1.63. The number of carbonyl (C=O) groups is 3. The van der Waals surface area contributed by atoms with Gasteiger partial charge in [0.15, 0.2) is 0 Å². The predicted molar refractivity (Wildman–Crippen MR) is 124 cm³/mol. The Bertz CT molecular complexity index is 590. The standard InChI is InChI=1S/C22H42N2O6S/c1-20(2,3)28-17(25)15-24(10)12-14-31-13-11-16(18(26)29-21(4,5)6)23-19(27)30-22(7,8)9/h16H,11-15H2,1-10H3,(H,23,27). The lowest BCUT2D eigenvalue weighted by Crippen LogP contribution is -2.46. The van der Waals surface area contributed by atoms with Gasteiger partial charge in [-0.1, -0.05) is 0 Å². The number of nitrogens with zero attached hydrogens (tertiary/aromatic N) is 1. The van der Waals surface area contributed by atoms with Gasteiger partial charge in [0.25, 0.3) is 0 Å². The first-order valence-corrected chi connectivity index (χ1v) is 11.7. The molecule has 0 fully saturated rings. The molecule has 0 aliphatic rings. The van der Waals surface area contributed by atoms with Gasteiger partial charge in [-0.25, -0.2) is 9.59 Å². The monoisotopic (exact) mass is 462 g/mol. The van der Waals surface area contributed by atoms with E-state index in [4.69, 9.17) is 14.2 Å². The minimum Gasteiger partial charge on any atom is -0.459 e. The van der Waals surface area contributed by atoms with Crippen molar-refractivity contribution < 1.29 is 28.6 Å². The lowest BCUT2D eigenvalue weighted by Gasteiger charge is -2.26. The fourth-order valence-corrected chi connectivity index (χ4v) is 3.32. The van der Waals surface area contributed by atoms with E-state index >= 15 is 0 Å². The highest BCUT2D eigenvalue weighted by Gasteiger charge is 2.28. The minimum atomic E-state index is -0.791. The van der Waals surface area contributed by atoms with Crippen LogP contribution in [0, 0.1) is 0 Å². The predicted octanol–water partition coefficient (Wildman–Crippen LogP) is 3.62. The third-order valence-corrected chi connectivity index (χ3v) is 4.37. The van der Waals surface area contributed by atoms with Gasteiger partial charge >= 0.3 is 18.0 Å². The molecule has 1 amide bonds. The van der Waals surface area contributed by atoms with Crippen LogP contribution in [0.1, 0.15) is 68.7 Å². The third kappa shape index (κ3) is 17.9. The summed E-state index contributed by atoms with van der Waals surface area (Å²) in [6.07, 6.45) is -0.236. The Kier molecular flexibility index (Phi) is 11.9. The van der Waals surface area contributed by atoms with Crippen molar-refractivity contribution in [3.8, 4) is 0 Å². The highest BCUT2D eigenvalue weighted by atomic mass is 32.2. The van der Waals surface area contributed by atoms with Gasteiger partial charge in [0, 0.05) is 12.3 Å². The Morgan fingerprint density at radius 3 is 1.84 bits per heavy atom. The van der Waals surface area contributed by atoms with Crippen molar-refractivity contribution in [2.24, 2.45) is 0 Å². The number of amides is 1. The number of carbonyl (C=O) groups excluding carboxylic acids is 3. The quantitative estimate of drug-likeness (QED) is 0.299. The number of nitrogens with one attached hydrogen (secondary N) is 1. The van der Waals surface area contributed by atoms with Crippen LogP contribution in [0.3, 0.4) is 0 Å². The fourth-order valence-electron chi connectivity index (χ4n) is 2.27. The number of rotatable bonds is 10. The van der Waals surface area contributed by atoms with Crippen molar-refractivity contribution in [1.29, 1.82) is 0 Å². The van der Waals surface area contributed by atoms with E-state index in [1.807, 2.05) is 32.7 Å². The van der Waals surface area contributed by atoms with Gasteiger partial charge in [-0.3, -0.25) is 9.69 Å². The third-order valence-electron chi connectivity index (χ3n) is 3.37. The molecule has 0 spiro atoms. The van der Waals surface area contributed by atoms with Gasteiger partial charge in [-0.05, 0) is 81.5 Å². The van der Waals surface area contributed by atoms with Crippen molar-refractivity contribution in [1.82, 2.24) is 10.2 Å². The molecule has 0 saturated heterocycles. The van der Waals surface area contributed by atoms with Crippen LogP contribution in [0.2, 0.25) is 0 Å². The second kappa shape index (κ2) is 12.5. The Morgan fingerprint density at radius 2 is 1.35 bits per heavy atom. The van der Waals surface area contributed by atoms with Crippen LogP contribution in [0.15, 0.2) is 0 Å². The van der Waals surface area contributed by atoms with E-state index in [-0.39, 0.29) is 12.5 Å². The van der Waals surface area contributed by atoms with E-state index in [9.17, 15) is 14.4 Å². The molecule has 1 N–H and O–H groups in total. The second-order valence-corrected chi connectivity index (χ2v) is 11.7. The van der Waals surface area contributed by atoms with E-state index in [1.54, 1.807) is 53.3 Å². The smallest absolute Gasteiger partial charge is 0.408 e. The van der Waals surface area contributed by atoms with Crippen molar-refractivity contribution >= 4 is 29.8 Å². The van der Waals surface area contributed by atoms with Gasteiger partial charge in [-0.2, -0.15) is 11.8 Å². The van der Waals surface area contributed by atoms with Crippen LogP contribution in [-0.2, 0) is 23.8 Å². The Balaban J connectivity index is 4.54. The summed E-state index contributed by atoms with van der Waals surface area (Å²) < 4.78 is 16.0. The number of ether oxygens (including phenoxy) is 3. The molecule has 0 rings (SSSR count). The first kappa shape index (κ1) is 29.5. The summed E-state index contributed by atoms with van der Waals surface area (Å²) in [4.78, 5) is 38.4. The summed E-state index contributed by atoms with van der Waals surface area (Å²) in [5, 5.41) is 2.62. The largest absolute Gasteiger partial charge is 0.459 e. The molecule has 0 aromatic rings. The fraction of sp³-hybridized carbons (Fsp3) is 0.864. The zero-order valence-electron chi connectivity index (χ0n) is 20.9. The maximum absolute atomic E-state index is 12.5. The number of alkyl carbamates (subject to hydrolysis) is 1. The van der Waals surface area contributed by atoms with E-state index < -0.39 is 34.9 Å². The Morgan fingerprint density at radius 1 is 0.839 bits per heavy atom. The molecular weight excluding hydrogens is 420 g/mol. The maximum Gasteiger partial charge on any atom is 0.408 e. The van der Waals surface area contributed by atoms with E-state index in [0.29, 0.717) is 18.7 Å². The first-order chi connectivity index (χ1) is 13.9. The van der Waals surface area contributed by atoms with Crippen molar-refractivity contribution in [2.75, 3.05) is 31.6 Å². The Labute approximate surface area is 192 Å². The molecule has 0 heterocycles. The second-order valence-electron chi connectivity index (χ2n) is 10.5. The molecule has 0 radical (unpaired) electrons. The molecule has 182 valence electrons. The minimum absolute atomic E-state index is 0.221. The summed E-state index contributed by atoms with van der Waals surface area (Å²) in [6.45, 7) is 17.1. The molecule has 0 aliphatic carbocycles. The lowest BCUT2D eigenvalue weighted by molar-refractivity contribution is -0.158. The SMILES string of the molecule is CN(CCSCCC(NC(=O)OC(C)(C)C)C(=O)OC(C)(C)C)CC(=O)OC(C)(C)C. The molecule has 0 aromatic heterocycles. The van der Waals surface area contributed by atoms with Gasteiger partial charge in [0.2, 0.25) is 0 Å². The van der Waals surface area contributed by atoms with Crippen LogP contribution >= 0.6 is 11.8 Å². The first-order valence-electron chi connectivity index (χ1n) is 10.6. The lowest BCUT2D eigenvalue weighted by atomic mass is 10.1. The zero-order valence-corrected chi connectivity index (χ0v) is 21.7. The molecule has 31 heavy (non-hydrogen) atoms. The molecule has 8 nitrogen and oxygen atoms in total. The normalized spacial score (nSPS) is 13.5. The molecular formula is C22H42N2O6S. The van der Waals surface area contributed by atoms with Gasteiger partial charge in [-0.15, -0.1) is 0 Å². The molecule has 9 heteroatoms. The summed E-state index contributed by atoms with van der Waals surface area (Å²) in [6, 6.07) is -0.791. The Hall–Kier alpha value is -1.48. The van der Waals surface area contributed by atoms with Crippen molar-refractivity contribution in [2.45, 2.75) is 91.6 Å². The van der Waals surface area contributed by atoms with Crippen molar-refractivity contribution in [3.05, 3.63) is 0 Å². The average Bonchev–Trinajstić information content (AvgIpc) is 2.47. The highest BCUT2D eigenvalue weighted by molar-refractivity contribution is 7.99. The van der Waals surface area contributed by atoms with Gasteiger partial charge < -0.3 is 19.5 Å². The van der Waals surface area contributed by atoms with E-state index in [0.717, 1.165) is 5.75 Å². The topological polar surface area (TPSA) is 94.2 Å². The van der Waals surface area contributed by atoms with Crippen molar-refractivity contribution in [3.63, 3.8) is 0 Å². The van der Waals surface area contributed by atoms with E-state index in [2.05, 4.69) is 5.32 Å². The van der Waals surface area contributed by atoms with Gasteiger partial charge in [0.1, 0.15) is 22.8 Å². The number of likely N-dealkylation sites (N-methyl/N-ethyl adjacent to an activating group) is 1. The van der Waals surface area contributed by atoms with Crippen LogP contribution in [0.5, 0.6) is 0 Å². The molecule has 1 atom stereocenters. The number of esters is 2. The van der Waals surface area contributed by atoms with Crippen LogP contribution in [0.4, 0.5) is 4.79 Å². The van der Waals surface area contributed by atoms with Crippen LogP contribution in [0.25, 0.3) is 0 Å². The molecule has 0 bridgehead atoms. The number of hydrogen-bond acceptors (Lipinski definition) is 8. The van der Waals surface area contributed by atoms with Gasteiger partial charge in [0.05, 0.1) is 6.54 Å². The summed E-state index contributed by atoms with van der Waals surface area (Å²) in [5.74, 6) is 0.666. The van der Waals surface area contributed by atoms with Crippen LogP contribution in [-0.4, -0.2) is 77.4 Å². The van der Waals surface area contributed by atoms with Crippen LogP contribution < -0.4 is 5.32 Å². The maximum atomic E-state index is 12.5.